The summed E-state index contributed by atoms with van der Waals surface area (Å²) in [7, 11) is 0. The average molecular weight is 258 g/mol. The van der Waals surface area contributed by atoms with Gasteiger partial charge in [0, 0.05) is 23.3 Å². The molecule has 1 atom stereocenters. The number of hydrogen-bond acceptors (Lipinski definition) is 2. The maximum Gasteiger partial charge on any atom is 0.0224 e. The van der Waals surface area contributed by atoms with Crippen molar-refractivity contribution >= 4 is 22.9 Å². The Bertz CT molecular complexity index is 286. The van der Waals surface area contributed by atoms with Gasteiger partial charge in [-0.2, -0.15) is 0 Å². The lowest BCUT2D eigenvalue weighted by Gasteiger charge is -2.23. The summed E-state index contributed by atoms with van der Waals surface area (Å²) in [5.41, 5.74) is 0. The molecule has 2 heterocycles. The molecule has 0 amide bonds. The normalized spacial score (nSPS) is 21.7. The number of alkyl halides is 1. The number of thiophene rings is 1. The van der Waals surface area contributed by atoms with Gasteiger partial charge in [0.15, 0.2) is 0 Å². The van der Waals surface area contributed by atoms with Crippen LogP contribution in [-0.4, -0.2) is 29.9 Å². The van der Waals surface area contributed by atoms with Crippen molar-refractivity contribution in [2.45, 2.75) is 38.1 Å². The monoisotopic (exact) mass is 257 g/mol. The van der Waals surface area contributed by atoms with Gasteiger partial charge in [-0.05, 0) is 50.1 Å². The van der Waals surface area contributed by atoms with Crippen molar-refractivity contribution in [2.24, 2.45) is 0 Å². The van der Waals surface area contributed by atoms with Crippen molar-refractivity contribution in [2.75, 3.05) is 19.0 Å². The van der Waals surface area contributed by atoms with E-state index in [-0.39, 0.29) is 0 Å². The van der Waals surface area contributed by atoms with E-state index in [1.807, 2.05) is 11.3 Å². The van der Waals surface area contributed by atoms with E-state index in [2.05, 4.69) is 22.4 Å². The van der Waals surface area contributed by atoms with Crippen LogP contribution in [-0.2, 0) is 6.42 Å². The first kappa shape index (κ1) is 12.4. The van der Waals surface area contributed by atoms with Crippen LogP contribution in [0.15, 0.2) is 17.5 Å². The summed E-state index contributed by atoms with van der Waals surface area (Å²) in [6, 6.07) is 5.20. The summed E-state index contributed by atoms with van der Waals surface area (Å²) in [6.45, 7) is 2.52. The quantitative estimate of drug-likeness (QED) is 0.702. The fraction of sp³-hybridized carbons (Fsp3) is 0.692. The van der Waals surface area contributed by atoms with E-state index in [4.69, 9.17) is 11.6 Å². The number of likely N-dealkylation sites (tertiary alicyclic amines) is 1. The van der Waals surface area contributed by atoms with Crippen molar-refractivity contribution in [3.05, 3.63) is 22.4 Å². The minimum Gasteiger partial charge on any atom is -0.300 e. The Morgan fingerprint density at radius 1 is 1.50 bits per heavy atom. The topological polar surface area (TPSA) is 3.24 Å². The number of rotatable bonds is 6. The minimum atomic E-state index is 0.804. The van der Waals surface area contributed by atoms with Gasteiger partial charge in [-0.25, -0.2) is 0 Å². The fourth-order valence-corrected chi connectivity index (χ4v) is 3.39. The largest absolute Gasteiger partial charge is 0.300 e. The standard InChI is InChI=1S/C13H20ClNS/c14-8-1-4-12-5-2-9-15(12)10-7-13-6-3-11-16-13/h3,6,11-12H,1-2,4-5,7-10H2. The van der Waals surface area contributed by atoms with E-state index < -0.39 is 0 Å². The van der Waals surface area contributed by atoms with E-state index in [0.29, 0.717) is 0 Å². The van der Waals surface area contributed by atoms with Gasteiger partial charge in [-0.1, -0.05) is 6.07 Å². The third-order valence-electron chi connectivity index (χ3n) is 3.40. The van der Waals surface area contributed by atoms with Crippen LogP contribution in [0.1, 0.15) is 30.6 Å². The molecule has 16 heavy (non-hydrogen) atoms. The summed E-state index contributed by atoms with van der Waals surface area (Å²) in [5.74, 6) is 0.815. The maximum atomic E-state index is 5.77. The van der Waals surface area contributed by atoms with E-state index in [1.165, 1.54) is 50.1 Å². The Morgan fingerprint density at radius 3 is 3.19 bits per heavy atom. The Balaban J connectivity index is 1.75. The second-order valence-corrected chi connectivity index (χ2v) is 5.90. The van der Waals surface area contributed by atoms with E-state index in [0.717, 1.165) is 11.9 Å². The molecule has 1 fully saturated rings. The summed E-state index contributed by atoms with van der Waals surface area (Å²) in [5, 5.41) is 2.17. The van der Waals surface area contributed by atoms with Crippen molar-refractivity contribution < 1.29 is 0 Å². The molecule has 0 radical (unpaired) electrons. The highest BCUT2D eigenvalue weighted by atomic mass is 35.5. The predicted octanol–water partition coefficient (Wildman–Crippen LogP) is 3.77. The molecule has 0 aromatic carbocycles. The van der Waals surface area contributed by atoms with Gasteiger partial charge in [-0.15, -0.1) is 22.9 Å². The lowest BCUT2D eigenvalue weighted by atomic mass is 10.1. The zero-order valence-corrected chi connectivity index (χ0v) is 11.3. The van der Waals surface area contributed by atoms with Gasteiger partial charge in [0.1, 0.15) is 0 Å². The molecule has 0 spiro atoms. The van der Waals surface area contributed by atoms with Gasteiger partial charge in [0.05, 0.1) is 0 Å². The van der Waals surface area contributed by atoms with Crippen LogP contribution in [0.2, 0.25) is 0 Å². The van der Waals surface area contributed by atoms with Crippen molar-refractivity contribution in [3.63, 3.8) is 0 Å². The molecule has 1 aliphatic heterocycles. The van der Waals surface area contributed by atoms with Crippen LogP contribution in [0.4, 0.5) is 0 Å². The summed E-state index contributed by atoms with van der Waals surface area (Å²) in [6.07, 6.45) is 6.42. The second-order valence-electron chi connectivity index (χ2n) is 4.49. The predicted molar refractivity (Wildman–Crippen MR) is 72.6 cm³/mol. The smallest absolute Gasteiger partial charge is 0.0224 e. The zero-order valence-electron chi connectivity index (χ0n) is 9.70. The van der Waals surface area contributed by atoms with Gasteiger partial charge >= 0.3 is 0 Å². The third kappa shape index (κ3) is 3.47. The Labute approximate surface area is 107 Å². The van der Waals surface area contributed by atoms with Crippen LogP contribution in [0.5, 0.6) is 0 Å². The van der Waals surface area contributed by atoms with Crippen LogP contribution >= 0.6 is 22.9 Å². The highest BCUT2D eigenvalue weighted by molar-refractivity contribution is 7.09. The molecule has 0 bridgehead atoms. The summed E-state index contributed by atoms with van der Waals surface area (Å²) < 4.78 is 0. The molecular formula is C13H20ClNS. The Morgan fingerprint density at radius 2 is 2.44 bits per heavy atom. The van der Waals surface area contributed by atoms with Crippen molar-refractivity contribution in [1.82, 2.24) is 4.90 Å². The van der Waals surface area contributed by atoms with E-state index in [9.17, 15) is 0 Å². The number of halogens is 1. The molecule has 90 valence electrons. The average Bonchev–Trinajstić information content (AvgIpc) is 2.94. The van der Waals surface area contributed by atoms with Gasteiger partial charge < -0.3 is 4.90 Å². The van der Waals surface area contributed by atoms with Crippen LogP contribution in [0.3, 0.4) is 0 Å². The lowest BCUT2D eigenvalue weighted by molar-refractivity contribution is 0.245. The molecule has 1 aliphatic rings. The molecule has 2 rings (SSSR count). The second kappa shape index (κ2) is 6.63. The molecule has 0 N–H and O–H groups in total. The van der Waals surface area contributed by atoms with Crippen molar-refractivity contribution in [1.29, 1.82) is 0 Å². The van der Waals surface area contributed by atoms with Crippen LogP contribution < -0.4 is 0 Å². The Kier molecular flexibility index (Phi) is 5.14. The maximum absolute atomic E-state index is 5.77. The molecule has 3 heteroatoms. The molecule has 1 nitrogen and oxygen atoms in total. The lowest BCUT2D eigenvalue weighted by Crippen LogP contribution is -2.31. The first-order chi connectivity index (χ1) is 7.90. The molecular weight excluding hydrogens is 238 g/mol. The zero-order chi connectivity index (χ0) is 11.2. The van der Waals surface area contributed by atoms with Gasteiger partial charge in [0.25, 0.3) is 0 Å². The molecule has 1 aromatic rings. The van der Waals surface area contributed by atoms with Gasteiger partial charge in [-0.3, -0.25) is 0 Å². The highest BCUT2D eigenvalue weighted by Gasteiger charge is 2.23. The van der Waals surface area contributed by atoms with E-state index in [1.54, 1.807) is 0 Å². The van der Waals surface area contributed by atoms with Crippen molar-refractivity contribution in [3.8, 4) is 0 Å². The van der Waals surface area contributed by atoms with E-state index >= 15 is 0 Å². The summed E-state index contributed by atoms with van der Waals surface area (Å²) >= 11 is 7.65. The first-order valence-electron chi connectivity index (χ1n) is 6.22. The fourth-order valence-electron chi connectivity index (χ4n) is 2.54. The number of hydrogen-bond donors (Lipinski definition) is 0. The Hall–Kier alpha value is -0.0500. The number of nitrogens with zero attached hydrogens (tertiary/aromatic N) is 1. The molecule has 0 saturated carbocycles. The molecule has 1 unspecified atom stereocenters. The third-order valence-corrected chi connectivity index (χ3v) is 4.60. The molecule has 1 aromatic heterocycles. The van der Waals surface area contributed by atoms with Crippen LogP contribution in [0, 0.1) is 0 Å². The SMILES string of the molecule is ClCCCC1CCCN1CCc1cccs1. The molecule has 0 aliphatic carbocycles. The highest BCUT2D eigenvalue weighted by Crippen LogP contribution is 2.22. The first-order valence-corrected chi connectivity index (χ1v) is 7.64. The van der Waals surface area contributed by atoms with Crippen LogP contribution in [0.25, 0.3) is 0 Å². The minimum absolute atomic E-state index is 0.804. The summed E-state index contributed by atoms with van der Waals surface area (Å²) in [4.78, 5) is 4.18. The van der Waals surface area contributed by atoms with Gasteiger partial charge in [0.2, 0.25) is 0 Å². The molecule has 1 saturated heterocycles.